The van der Waals surface area contributed by atoms with Crippen molar-refractivity contribution in [2.45, 2.75) is 25.7 Å². The first-order chi connectivity index (χ1) is 10.1. The number of nitrogens with zero attached hydrogens (tertiary/aromatic N) is 3. The topological polar surface area (TPSA) is 87.2 Å². The van der Waals surface area contributed by atoms with E-state index in [4.69, 9.17) is 0 Å². The van der Waals surface area contributed by atoms with Crippen molar-refractivity contribution < 1.29 is 9.59 Å². The third kappa shape index (κ3) is 4.14. The summed E-state index contributed by atoms with van der Waals surface area (Å²) in [6, 6.07) is 0. The van der Waals surface area contributed by atoms with Crippen molar-refractivity contribution in [3.05, 3.63) is 18.1 Å². The first kappa shape index (κ1) is 15.2. The molecule has 0 radical (unpaired) electrons. The zero-order valence-electron chi connectivity index (χ0n) is 12.4. The van der Waals surface area contributed by atoms with Gasteiger partial charge in [-0.25, -0.2) is 4.98 Å². The summed E-state index contributed by atoms with van der Waals surface area (Å²) in [4.78, 5) is 33.1. The van der Waals surface area contributed by atoms with Crippen LogP contribution in [-0.4, -0.2) is 53.4 Å². The van der Waals surface area contributed by atoms with Gasteiger partial charge in [-0.2, -0.15) is 0 Å². The summed E-state index contributed by atoms with van der Waals surface area (Å²) < 4.78 is 0. The van der Waals surface area contributed by atoms with Crippen LogP contribution in [0.25, 0.3) is 0 Å². The molecule has 2 heterocycles. The Kier molecular flexibility index (Phi) is 5.08. The Morgan fingerprint density at radius 3 is 2.67 bits per heavy atom. The van der Waals surface area contributed by atoms with Gasteiger partial charge in [0.25, 0.3) is 0 Å². The van der Waals surface area contributed by atoms with Crippen LogP contribution in [0.2, 0.25) is 0 Å². The number of amides is 2. The molecule has 0 aliphatic carbocycles. The molecule has 21 heavy (non-hydrogen) atoms. The van der Waals surface area contributed by atoms with Crippen LogP contribution in [-0.2, 0) is 9.59 Å². The summed E-state index contributed by atoms with van der Waals surface area (Å²) in [5.74, 6) is 0.942. The molecule has 0 spiro atoms. The van der Waals surface area contributed by atoms with Crippen LogP contribution >= 0.6 is 0 Å². The van der Waals surface area contributed by atoms with Crippen LogP contribution < -0.4 is 10.6 Å². The van der Waals surface area contributed by atoms with E-state index in [9.17, 15) is 9.59 Å². The average molecular weight is 291 g/mol. The summed E-state index contributed by atoms with van der Waals surface area (Å²) in [6.45, 7) is 3.30. The number of hydrogen-bond donors (Lipinski definition) is 2. The maximum absolute atomic E-state index is 11.3. The normalized spacial score (nSPS) is 15.6. The molecule has 7 heteroatoms. The monoisotopic (exact) mass is 291 g/mol. The number of likely N-dealkylation sites (tertiary alicyclic amines) is 1. The second-order valence-electron chi connectivity index (χ2n) is 5.14. The standard InChI is InChI=1S/C14H21N5O2/c1-10(20)19-5-3-11(4-6-19)12-7-16-8-13(18-12)17-9-14(21)15-2/h7-8,11H,3-6,9H2,1-2H3,(H,15,21)(H,17,18). The first-order valence-corrected chi connectivity index (χ1v) is 7.12. The summed E-state index contributed by atoms with van der Waals surface area (Å²) in [5.41, 5.74) is 0.917. The lowest BCUT2D eigenvalue weighted by Crippen LogP contribution is -2.36. The molecule has 1 fully saturated rings. The lowest BCUT2D eigenvalue weighted by molar-refractivity contribution is -0.129. The number of nitrogens with one attached hydrogen (secondary N) is 2. The largest absolute Gasteiger partial charge is 0.360 e. The van der Waals surface area contributed by atoms with Crippen LogP contribution in [0.15, 0.2) is 12.4 Å². The highest BCUT2D eigenvalue weighted by atomic mass is 16.2. The van der Waals surface area contributed by atoms with E-state index >= 15 is 0 Å². The molecule has 2 rings (SSSR count). The number of carbonyl (C=O) groups excluding carboxylic acids is 2. The van der Waals surface area contributed by atoms with E-state index in [-0.39, 0.29) is 18.4 Å². The number of rotatable bonds is 4. The molecular formula is C14H21N5O2. The van der Waals surface area contributed by atoms with Crippen molar-refractivity contribution in [2.24, 2.45) is 0 Å². The van der Waals surface area contributed by atoms with E-state index in [0.717, 1.165) is 31.6 Å². The van der Waals surface area contributed by atoms with Gasteiger partial charge in [-0.15, -0.1) is 0 Å². The molecule has 0 atom stereocenters. The van der Waals surface area contributed by atoms with Gasteiger partial charge >= 0.3 is 0 Å². The Bertz CT molecular complexity index is 512. The van der Waals surface area contributed by atoms with Crippen LogP contribution in [0.3, 0.4) is 0 Å². The fourth-order valence-electron chi connectivity index (χ4n) is 2.41. The molecule has 2 amide bonds. The summed E-state index contributed by atoms with van der Waals surface area (Å²) >= 11 is 0. The quantitative estimate of drug-likeness (QED) is 0.836. The van der Waals surface area contributed by atoms with Crippen LogP contribution in [0.1, 0.15) is 31.4 Å². The fraction of sp³-hybridized carbons (Fsp3) is 0.571. The van der Waals surface area contributed by atoms with E-state index < -0.39 is 0 Å². The Morgan fingerprint density at radius 2 is 2.05 bits per heavy atom. The smallest absolute Gasteiger partial charge is 0.239 e. The predicted molar refractivity (Wildman–Crippen MR) is 78.8 cm³/mol. The third-order valence-corrected chi connectivity index (χ3v) is 3.72. The van der Waals surface area contributed by atoms with Crippen molar-refractivity contribution in [1.29, 1.82) is 0 Å². The predicted octanol–water partition coefficient (Wildman–Crippen LogP) is 0.360. The zero-order valence-corrected chi connectivity index (χ0v) is 12.4. The lowest BCUT2D eigenvalue weighted by Gasteiger charge is -2.30. The van der Waals surface area contributed by atoms with Crippen molar-refractivity contribution >= 4 is 17.6 Å². The third-order valence-electron chi connectivity index (χ3n) is 3.72. The van der Waals surface area contributed by atoms with Gasteiger partial charge in [0.1, 0.15) is 5.82 Å². The van der Waals surface area contributed by atoms with Gasteiger partial charge in [-0.05, 0) is 12.8 Å². The molecular weight excluding hydrogens is 270 g/mol. The van der Waals surface area contributed by atoms with E-state index in [1.165, 1.54) is 0 Å². The SMILES string of the molecule is CNC(=O)CNc1cncc(C2CCN(C(C)=O)CC2)n1. The first-order valence-electron chi connectivity index (χ1n) is 7.12. The number of piperidine rings is 1. The van der Waals surface area contributed by atoms with E-state index in [1.54, 1.807) is 26.4 Å². The molecule has 2 N–H and O–H groups in total. The molecule has 1 aliphatic rings. The molecule has 0 unspecified atom stereocenters. The van der Waals surface area contributed by atoms with Gasteiger partial charge in [0, 0.05) is 39.2 Å². The van der Waals surface area contributed by atoms with Crippen LogP contribution in [0.5, 0.6) is 0 Å². The molecule has 0 bridgehead atoms. The highest BCUT2D eigenvalue weighted by Gasteiger charge is 2.23. The number of likely N-dealkylation sites (N-methyl/N-ethyl adjacent to an activating group) is 1. The molecule has 0 aromatic carbocycles. The maximum Gasteiger partial charge on any atom is 0.239 e. The van der Waals surface area contributed by atoms with Crippen LogP contribution in [0, 0.1) is 0 Å². The van der Waals surface area contributed by atoms with Gasteiger partial charge in [0.05, 0.1) is 18.4 Å². The van der Waals surface area contributed by atoms with E-state index in [2.05, 4.69) is 20.6 Å². The minimum absolute atomic E-state index is 0.100. The van der Waals surface area contributed by atoms with Crippen molar-refractivity contribution in [1.82, 2.24) is 20.2 Å². The van der Waals surface area contributed by atoms with Gasteiger partial charge in [0.15, 0.2) is 0 Å². The summed E-state index contributed by atoms with van der Waals surface area (Å²) in [7, 11) is 1.59. The van der Waals surface area contributed by atoms with Crippen molar-refractivity contribution in [3.8, 4) is 0 Å². The second-order valence-corrected chi connectivity index (χ2v) is 5.14. The molecule has 1 aromatic heterocycles. The lowest BCUT2D eigenvalue weighted by atomic mass is 9.94. The van der Waals surface area contributed by atoms with E-state index in [1.807, 2.05) is 4.90 Å². The maximum atomic E-state index is 11.3. The second kappa shape index (κ2) is 7.01. The molecule has 1 aromatic rings. The Hall–Kier alpha value is -2.18. The molecule has 1 saturated heterocycles. The Balaban J connectivity index is 1.95. The van der Waals surface area contributed by atoms with Gasteiger partial charge in [-0.1, -0.05) is 0 Å². The number of hydrogen-bond acceptors (Lipinski definition) is 5. The van der Waals surface area contributed by atoms with Crippen molar-refractivity contribution in [3.63, 3.8) is 0 Å². The van der Waals surface area contributed by atoms with Crippen LogP contribution in [0.4, 0.5) is 5.82 Å². The minimum atomic E-state index is -0.100. The number of anilines is 1. The highest BCUT2D eigenvalue weighted by molar-refractivity contribution is 5.79. The summed E-state index contributed by atoms with van der Waals surface area (Å²) in [5, 5.41) is 5.49. The van der Waals surface area contributed by atoms with Gasteiger partial charge in [0.2, 0.25) is 11.8 Å². The Morgan fingerprint density at radius 1 is 1.33 bits per heavy atom. The molecule has 1 aliphatic heterocycles. The summed E-state index contributed by atoms with van der Waals surface area (Å²) in [6.07, 6.45) is 5.16. The minimum Gasteiger partial charge on any atom is -0.360 e. The average Bonchev–Trinajstić information content (AvgIpc) is 2.53. The van der Waals surface area contributed by atoms with E-state index in [0.29, 0.717) is 11.7 Å². The number of carbonyl (C=O) groups is 2. The molecule has 7 nitrogen and oxygen atoms in total. The molecule has 114 valence electrons. The fourth-order valence-corrected chi connectivity index (χ4v) is 2.41. The highest BCUT2D eigenvalue weighted by Crippen LogP contribution is 2.26. The molecule has 0 saturated carbocycles. The number of aromatic nitrogens is 2. The zero-order chi connectivity index (χ0) is 15.2. The van der Waals surface area contributed by atoms with Gasteiger partial charge < -0.3 is 15.5 Å². The Labute approximate surface area is 124 Å². The van der Waals surface area contributed by atoms with Gasteiger partial charge in [-0.3, -0.25) is 14.6 Å². The van der Waals surface area contributed by atoms with Crippen molar-refractivity contribution in [2.75, 3.05) is 32.0 Å².